The Morgan fingerprint density at radius 3 is 2.00 bits per heavy atom. The molecule has 100 valence electrons. The molecule has 0 radical (unpaired) electrons. The molecule has 2 aromatic rings. The number of hydrogen-bond acceptors (Lipinski definition) is 3. The molecule has 2 aromatic carbocycles. The minimum Gasteiger partial charge on any atom is -0.395 e. The lowest BCUT2D eigenvalue weighted by Crippen LogP contribution is -2.38. The molecule has 0 aliphatic rings. The summed E-state index contributed by atoms with van der Waals surface area (Å²) in [5.74, 6) is 0. The highest BCUT2D eigenvalue weighted by atomic mass is 16.3. The first-order valence-corrected chi connectivity index (χ1v) is 6.55. The van der Waals surface area contributed by atoms with Gasteiger partial charge in [0, 0.05) is 19.6 Å². The van der Waals surface area contributed by atoms with Gasteiger partial charge in [-0.2, -0.15) is 0 Å². The van der Waals surface area contributed by atoms with Gasteiger partial charge in [0.2, 0.25) is 0 Å². The van der Waals surface area contributed by atoms with Crippen molar-refractivity contribution in [2.24, 2.45) is 0 Å². The molecule has 0 aromatic heterocycles. The maximum Gasteiger partial charge on any atom is 0.0572 e. The molecular weight excluding hydrogens is 236 g/mol. The Kier molecular flexibility index (Phi) is 5.56. The van der Waals surface area contributed by atoms with E-state index in [2.05, 4.69) is 29.7 Å². The molecule has 0 saturated carbocycles. The van der Waals surface area contributed by atoms with Crippen molar-refractivity contribution in [1.29, 1.82) is 0 Å². The summed E-state index contributed by atoms with van der Waals surface area (Å²) in [6.45, 7) is 2.32. The molecule has 0 spiro atoms. The van der Waals surface area contributed by atoms with Crippen molar-refractivity contribution >= 4 is 0 Å². The summed E-state index contributed by atoms with van der Waals surface area (Å²) in [6, 6.07) is 20.5. The first kappa shape index (κ1) is 13.7. The van der Waals surface area contributed by atoms with Gasteiger partial charge in [0.15, 0.2) is 0 Å². The number of aliphatic hydroxyl groups is 1. The predicted molar refractivity (Wildman–Crippen MR) is 77.2 cm³/mol. The van der Waals surface area contributed by atoms with Crippen molar-refractivity contribution in [1.82, 2.24) is 10.4 Å². The van der Waals surface area contributed by atoms with Gasteiger partial charge in [0.1, 0.15) is 0 Å². The highest BCUT2D eigenvalue weighted by Gasteiger charge is 2.04. The lowest BCUT2D eigenvalue weighted by atomic mass is 10.2. The molecule has 0 aliphatic heterocycles. The Balaban J connectivity index is 1.89. The fourth-order valence-corrected chi connectivity index (χ4v) is 1.94. The molecule has 0 unspecified atom stereocenters. The highest BCUT2D eigenvalue weighted by molar-refractivity contribution is 5.15. The van der Waals surface area contributed by atoms with E-state index in [1.54, 1.807) is 0 Å². The lowest BCUT2D eigenvalue weighted by molar-refractivity contribution is 0.132. The minimum atomic E-state index is 0.147. The zero-order valence-corrected chi connectivity index (χ0v) is 11.0. The van der Waals surface area contributed by atoms with E-state index in [4.69, 9.17) is 5.11 Å². The average molecular weight is 256 g/mol. The monoisotopic (exact) mass is 256 g/mol. The molecule has 19 heavy (non-hydrogen) atoms. The number of nitrogens with zero attached hydrogens (tertiary/aromatic N) is 1. The van der Waals surface area contributed by atoms with Gasteiger partial charge in [-0.3, -0.25) is 5.43 Å². The molecule has 3 nitrogen and oxygen atoms in total. The molecular formula is C16H20N2O. The van der Waals surface area contributed by atoms with E-state index in [1.807, 2.05) is 41.4 Å². The number of hydrazine groups is 1. The van der Waals surface area contributed by atoms with E-state index in [9.17, 15) is 0 Å². The summed E-state index contributed by atoms with van der Waals surface area (Å²) in [5.41, 5.74) is 5.83. The van der Waals surface area contributed by atoms with Gasteiger partial charge in [-0.05, 0) is 11.1 Å². The Hall–Kier alpha value is -1.68. The highest BCUT2D eigenvalue weighted by Crippen LogP contribution is 2.03. The third-order valence-electron chi connectivity index (χ3n) is 2.94. The molecule has 0 heterocycles. The van der Waals surface area contributed by atoms with Gasteiger partial charge in [0.05, 0.1) is 6.61 Å². The lowest BCUT2D eigenvalue weighted by Gasteiger charge is -2.22. The third kappa shape index (κ3) is 4.83. The van der Waals surface area contributed by atoms with Gasteiger partial charge in [0.25, 0.3) is 0 Å². The topological polar surface area (TPSA) is 35.5 Å². The van der Waals surface area contributed by atoms with E-state index in [0.29, 0.717) is 6.54 Å². The first-order valence-electron chi connectivity index (χ1n) is 6.55. The largest absolute Gasteiger partial charge is 0.395 e. The van der Waals surface area contributed by atoms with Crippen LogP contribution in [0.1, 0.15) is 11.1 Å². The van der Waals surface area contributed by atoms with Gasteiger partial charge in [-0.15, -0.1) is 0 Å². The molecule has 2 N–H and O–H groups in total. The summed E-state index contributed by atoms with van der Waals surface area (Å²) in [5, 5.41) is 11.2. The smallest absolute Gasteiger partial charge is 0.0572 e. The van der Waals surface area contributed by atoms with Gasteiger partial charge >= 0.3 is 0 Å². The summed E-state index contributed by atoms with van der Waals surface area (Å²) in [7, 11) is 0. The molecule has 2 rings (SSSR count). The normalized spacial score (nSPS) is 10.8. The van der Waals surface area contributed by atoms with Gasteiger partial charge in [-0.25, -0.2) is 5.01 Å². The van der Waals surface area contributed by atoms with Crippen LogP contribution < -0.4 is 5.43 Å². The average Bonchev–Trinajstić information content (AvgIpc) is 2.47. The van der Waals surface area contributed by atoms with Crippen LogP contribution >= 0.6 is 0 Å². The minimum absolute atomic E-state index is 0.147. The van der Waals surface area contributed by atoms with E-state index < -0.39 is 0 Å². The Morgan fingerprint density at radius 1 is 0.842 bits per heavy atom. The second-order valence-electron chi connectivity index (χ2n) is 4.45. The van der Waals surface area contributed by atoms with Gasteiger partial charge in [-0.1, -0.05) is 60.7 Å². The number of nitrogens with one attached hydrogen (secondary N) is 1. The maximum atomic E-state index is 9.13. The zero-order chi connectivity index (χ0) is 13.3. The number of benzene rings is 2. The fourth-order valence-electron chi connectivity index (χ4n) is 1.94. The zero-order valence-electron chi connectivity index (χ0n) is 11.0. The number of hydrogen-bond donors (Lipinski definition) is 2. The second kappa shape index (κ2) is 7.69. The van der Waals surface area contributed by atoms with Crippen LogP contribution in [-0.4, -0.2) is 23.3 Å². The van der Waals surface area contributed by atoms with Crippen LogP contribution in [0.4, 0.5) is 0 Å². The quantitative estimate of drug-likeness (QED) is 0.745. The van der Waals surface area contributed by atoms with Crippen molar-refractivity contribution in [2.45, 2.75) is 13.1 Å². The first-order chi connectivity index (χ1) is 9.38. The fraction of sp³-hybridized carbons (Fsp3) is 0.250. The van der Waals surface area contributed by atoms with Crippen molar-refractivity contribution in [2.75, 3.05) is 13.2 Å². The Labute approximate surface area is 114 Å². The molecule has 3 heteroatoms. The number of rotatable bonds is 7. The standard InChI is InChI=1S/C16H20N2O/c19-12-11-18(14-16-9-5-2-6-10-16)17-13-15-7-3-1-4-8-15/h1-10,17,19H,11-14H2. The van der Waals surface area contributed by atoms with E-state index >= 15 is 0 Å². The molecule has 0 amide bonds. The van der Waals surface area contributed by atoms with E-state index in [-0.39, 0.29) is 6.61 Å². The maximum absolute atomic E-state index is 9.13. The van der Waals surface area contributed by atoms with Crippen molar-refractivity contribution in [3.05, 3.63) is 71.8 Å². The molecule has 0 aliphatic carbocycles. The molecule has 0 atom stereocenters. The van der Waals surface area contributed by atoms with E-state index in [0.717, 1.165) is 13.1 Å². The summed E-state index contributed by atoms with van der Waals surface area (Å²) in [4.78, 5) is 0. The van der Waals surface area contributed by atoms with Crippen LogP contribution in [0.5, 0.6) is 0 Å². The molecule has 0 saturated heterocycles. The van der Waals surface area contributed by atoms with Crippen LogP contribution in [0.15, 0.2) is 60.7 Å². The van der Waals surface area contributed by atoms with Crippen molar-refractivity contribution < 1.29 is 5.11 Å². The summed E-state index contributed by atoms with van der Waals surface area (Å²) >= 11 is 0. The molecule has 0 bridgehead atoms. The predicted octanol–water partition coefficient (Wildman–Crippen LogP) is 2.19. The van der Waals surface area contributed by atoms with Crippen LogP contribution in [0.3, 0.4) is 0 Å². The SMILES string of the molecule is OCCN(Cc1ccccc1)NCc1ccccc1. The van der Waals surface area contributed by atoms with Crippen molar-refractivity contribution in [3.8, 4) is 0 Å². The van der Waals surface area contributed by atoms with Crippen LogP contribution in [0.25, 0.3) is 0 Å². The number of aliphatic hydroxyl groups excluding tert-OH is 1. The second-order valence-corrected chi connectivity index (χ2v) is 4.45. The van der Waals surface area contributed by atoms with Crippen LogP contribution in [0, 0.1) is 0 Å². The Bertz CT molecular complexity index is 459. The van der Waals surface area contributed by atoms with Gasteiger partial charge < -0.3 is 5.11 Å². The van der Waals surface area contributed by atoms with E-state index in [1.165, 1.54) is 11.1 Å². The molecule has 0 fully saturated rings. The third-order valence-corrected chi connectivity index (χ3v) is 2.94. The van der Waals surface area contributed by atoms with Crippen LogP contribution in [0.2, 0.25) is 0 Å². The van der Waals surface area contributed by atoms with Crippen LogP contribution in [-0.2, 0) is 13.1 Å². The van der Waals surface area contributed by atoms with Crippen molar-refractivity contribution in [3.63, 3.8) is 0 Å². The summed E-state index contributed by atoms with van der Waals surface area (Å²) < 4.78 is 0. The summed E-state index contributed by atoms with van der Waals surface area (Å²) in [6.07, 6.45) is 0. The Morgan fingerprint density at radius 2 is 1.42 bits per heavy atom.